The zero-order valence-electron chi connectivity index (χ0n) is 11.6. The average Bonchev–Trinajstić information content (AvgIpc) is 3.01. The van der Waals surface area contributed by atoms with E-state index in [-0.39, 0.29) is 5.91 Å². The second-order valence-electron chi connectivity index (χ2n) is 4.57. The van der Waals surface area contributed by atoms with Crippen molar-refractivity contribution in [1.82, 2.24) is 14.8 Å². The van der Waals surface area contributed by atoms with E-state index in [9.17, 15) is 4.79 Å². The summed E-state index contributed by atoms with van der Waals surface area (Å²) in [6.45, 7) is 4.67. The molecule has 0 bridgehead atoms. The molecule has 0 aliphatic heterocycles. The Bertz CT molecular complexity index is 824. The van der Waals surface area contributed by atoms with Crippen LogP contribution in [0.5, 0.6) is 0 Å². The number of aryl methyl sites for hydroxylation is 2. The number of rotatable bonds is 3. The fourth-order valence-electron chi connectivity index (χ4n) is 2.05. The molecule has 1 aromatic carbocycles. The topological polar surface area (TPSA) is 59.8 Å². The Morgan fingerprint density at radius 1 is 1.43 bits per heavy atom. The number of anilines is 1. The van der Waals surface area contributed by atoms with Gasteiger partial charge in [-0.3, -0.25) is 14.8 Å². The summed E-state index contributed by atoms with van der Waals surface area (Å²) in [5.41, 5.74) is 2.25. The van der Waals surface area contributed by atoms with Crippen LogP contribution < -0.4 is 5.32 Å². The van der Waals surface area contributed by atoms with Crippen molar-refractivity contribution in [3.63, 3.8) is 0 Å². The molecule has 3 aromatic rings. The van der Waals surface area contributed by atoms with Crippen molar-refractivity contribution < 1.29 is 4.79 Å². The van der Waals surface area contributed by atoms with Crippen LogP contribution in [-0.4, -0.2) is 20.7 Å². The summed E-state index contributed by atoms with van der Waals surface area (Å²) < 4.78 is 3.81. The lowest BCUT2D eigenvalue weighted by Gasteiger charge is -1.98. The molecule has 0 spiro atoms. The molecule has 7 heteroatoms. The van der Waals surface area contributed by atoms with Crippen LogP contribution in [0.4, 0.5) is 5.13 Å². The molecular weight excluding hydrogens is 352 g/mol. The lowest BCUT2D eigenvalue weighted by molar-refractivity contribution is 0.102. The van der Waals surface area contributed by atoms with Gasteiger partial charge in [0.15, 0.2) is 10.8 Å². The molecule has 0 fully saturated rings. The van der Waals surface area contributed by atoms with Crippen LogP contribution in [0, 0.1) is 6.92 Å². The van der Waals surface area contributed by atoms with Crippen molar-refractivity contribution in [3.05, 3.63) is 40.1 Å². The summed E-state index contributed by atoms with van der Waals surface area (Å²) >= 11 is 4.87. The summed E-state index contributed by atoms with van der Waals surface area (Å²) in [4.78, 5) is 16.6. The fraction of sp³-hybridized carbons (Fsp3) is 0.214. The normalized spacial score (nSPS) is 11.0. The van der Waals surface area contributed by atoms with Gasteiger partial charge in [0, 0.05) is 16.7 Å². The van der Waals surface area contributed by atoms with Gasteiger partial charge in [-0.2, -0.15) is 5.10 Å². The Balaban J connectivity index is 1.85. The quantitative estimate of drug-likeness (QED) is 0.767. The van der Waals surface area contributed by atoms with E-state index in [1.807, 2.05) is 32.0 Å². The van der Waals surface area contributed by atoms with E-state index in [4.69, 9.17) is 0 Å². The van der Waals surface area contributed by atoms with Gasteiger partial charge >= 0.3 is 0 Å². The molecule has 0 aliphatic carbocycles. The summed E-state index contributed by atoms with van der Waals surface area (Å²) in [5.74, 6) is -0.233. The first-order valence-corrected chi connectivity index (χ1v) is 8.09. The predicted molar refractivity (Wildman–Crippen MR) is 87.9 cm³/mol. The highest BCUT2D eigenvalue weighted by molar-refractivity contribution is 9.10. The van der Waals surface area contributed by atoms with E-state index in [1.165, 1.54) is 11.3 Å². The number of halogens is 1. The first-order chi connectivity index (χ1) is 10.1. The number of nitrogens with one attached hydrogen (secondary N) is 1. The molecule has 108 valence electrons. The Hall–Kier alpha value is -1.73. The minimum absolute atomic E-state index is 0.233. The number of carbonyl (C=O) groups is 1. The zero-order valence-corrected chi connectivity index (χ0v) is 14.0. The number of thiazole rings is 1. The Kier molecular flexibility index (Phi) is 3.77. The molecule has 21 heavy (non-hydrogen) atoms. The van der Waals surface area contributed by atoms with Crippen molar-refractivity contribution in [1.29, 1.82) is 0 Å². The van der Waals surface area contributed by atoms with Gasteiger partial charge in [-0.05, 0) is 38.1 Å². The van der Waals surface area contributed by atoms with Crippen molar-refractivity contribution >= 4 is 48.5 Å². The molecule has 2 aromatic heterocycles. The molecule has 0 aliphatic rings. The van der Waals surface area contributed by atoms with E-state index in [0.29, 0.717) is 10.8 Å². The molecule has 0 saturated heterocycles. The maximum absolute atomic E-state index is 12.2. The summed E-state index contributed by atoms with van der Waals surface area (Å²) in [6, 6.07) is 7.61. The number of carbonyl (C=O) groups excluding carboxylic acids is 1. The van der Waals surface area contributed by atoms with E-state index >= 15 is 0 Å². The largest absolute Gasteiger partial charge is 0.296 e. The van der Waals surface area contributed by atoms with Crippen molar-refractivity contribution in [3.8, 4) is 0 Å². The minimum atomic E-state index is -0.233. The highest BCUT2D eigenvalue weighted by Crippen LogP contribution is 2.28. The first kappa shape index (κ1) is 14.2. The molecule has 1 N–H and O–H groups in total. The smallest absolute Gasteiger partial charge is 0.277 e. The first-order valence-electron chi connectivity index (χ1n) is 6.48. The van der Waals surface area contributed by atoms with Gasteiger partial charge in [0.05, 0.1) is 10.2 Å². The third-order valence-electron chi connectivity index (χ3n) is 3.08. The summed E-state index contributed by atoms with van der Waals surface area (Å²) in [7, 11) is 0. The van der Waals surface area contributed by atoms with Crippen molar-refractivity contribution in [2.75, 3.05) is 5.32 Å². The standard InChI is InChI=1S/C14H13BrN4OS/c1-3-19-8(2)6-11(18-19)13(20)17-14-16-10-5-4-9(15)7-12(10)21-14/h4-7H,3H2,1-2H3,(H,16,17,20). The SMILES string of the molecule is CCn1nc(C(=O)Nc2nc3ccc(Br)cc3s2)cc1C. The number of aromatic nitrogens is 3. The molecule has 3 rings (SSSR count). The van der Waals surface area contributed by atoms with Crippen molar-refractivity contribution in [2.24, 2.45) is 0 Å². The number of hydrogen-bond donors (Lipinski definition) is 1. The molecule has 2 heterocycles. The Labute approximate surface area is 134 Å². The van der Waals surface area contributed by atoms with Gasteiger partial charge in [0.2, 0.25) is 0 Å². The molecule has 0 atom stereocenters. The number of nitrogens with zero attached hydrogens (tertiary/aromatic N) is 3. The van der Waals surface area contributed by atoms with E-state index < -0.39 is 0 Å². The van der Waals surface area contributed by atoms with Crippen LogP contribution in [0.2, 0.25) is 0 Å². The van der Waals surface area contributed by atoms with Crippen LogP contribution in [0.15, 0.2) is 28.7 Å². The third-order valence-corrected chi connectivity index (χ3v) is 4.51. The van der Waals surface area contributed by atoms with Gasteiger partial charge in [0.1, 0.15) is 0 Å². The molecular formula is C14H13BrN4OS. The van der Waals surface area contributed by atoms with Crippen LogP contribution in [-0.2, 0) is 6.54 Å². The molecule has 5 nitrogen and oxygen atoms in total. The monoisotopic (exact) mass is 364 g/mol. The maximum Gasteiger partial charge on any atom is 0.277 e. The van der Waals surface area contributed by atoms with Gasteiger partial charge in [-0.25, -0.2) is 4.98 Å². The van der Waals surface area contributed by atoms with Crippen LogP contribution >= 0.6 is 27.3 Å². The predicted octanol–water partition coefficient (Wildman–Crippen LogP) is 3.84. The van der Waals surface area contributed by atoms with Crippen LogP contribution in [0.25, 0.3) is 10.2 Å². The van der Waals surface area contributed by atoms with E-state index in [0.717, 1.165) is 26.9 Å². The Morgan fingerprint density at radius 3 is 2.95 bits per heavy atom. The maximum atomic E-state index is 12.2. The lowest BCUT2D eigenvalue weighted by atomic mass is 10.3. The highest BCUT2D eigenvalue weighted by atomic mass is 79.9. The fourth-order valence-corrected chi connectivity index (χ4v) is 3.47. The second-order valence-corrected chi connectivity index (χ2v) is 6.52. The molecule has 1 amide bonds. The number of hydrogen-bond acceptors (Lipinski definition) is 4. The van der Waals surface area contributed by atoms with Crippen LogP contribution in [0.3, 0.4) is 0 Å². The lowest BCUT2D eigenvalue weighted by Crippen LogP contribution is -2.13. The highest BCUT2D eigenvalue weighted by Gasteiger charge is 2.14. The summed E-state index contributed by atoms with van der Waals surface area (Å²) in [5, 5.41) is 7.66. The number of amides is 1. The second kappa shape index (κ2) is 5.57. The van der Waals surface area contributed by atoms with E-state index in [2.05, 4.69) is 31.3 Å². The van der Waals surface area contributed by atoms with Crippen molar-refractivity contribution in [2.45, 2.75) is 20.4 Å². The van der Waals surface area contributed by atoms with Gasteiger partial charge in [-0.1, -0.05) is 27.3 Å². The van der Waals surface area contributed by atoms with Gasteiger partial charge in [0.25, 0.3) is 5.91 Å². The van der Waals surface area contributed by atoms with Crippen LogP contribution in [0.1, 0.15) is 23.1 Å². The third kappa shape index (κ3) is 2.84. The number of fused-ring (bicyclic) bond motifs is 1. The minimum Gasteiger partial charge on any atom is -0.296 e. The average molecular weight is 365 g/mol. The van der Waals surface area contributed by atoms with Gasteiger partial charge < -0.3 is 0 Å². The Morgan fingerprint density at radius 2 is 2.24 bits per heavy atom. The molecule has 0 saturated carbocycles. The molecule has 0 radical (unpaired) electrons. The molecule has 0 unspecified atom stereocenters. The zero-order chi connectivity index (χ0) is 15.0. The van der Waals surface area contributed by atoms with Gasteiger partial charge in [-0.15, -0.1) is 0 Å². The van der Waals surface area contributed by atoms with E-state index in [1.54, 1.807) is 10.7 Å². The number of benzene rings is 1. The summed E-state index contributed by atoms with van der Waals surface area (Å²) in [6.07, 6.45) is 0.